The molecule has 0 atom stereocenters. The van der Waals surface area contributed by atoms with E-state index in [0.29, 0.717) is 23.4 Å². The third-order valence-electron chi connectivity index (χ3n) is 3.94. The predicted molar refractivity (Wildman–Crippen MR) is 107 cm³/mol. The second-order valence-electron chi connectivity index (χ2n) is 5.86. The first-order valence-corrected chi connectivity index (χ1v) is 9.30. The molecule has 0 fully saturated rings. The van der Waals surface area contributed by atoms with Crippen LogP contribution in [0.15, 0.2) is 34.0 Å². The maximum absolute atomic E-state index is 8.70. The van der Waals surface area contributed by atoms with Gasteiger partial charge >= 0.3 is 0 Å². The minimum absolute atomic E-state index is 0.0739. The van der Waals surface area contributed by atoms with Crippen LogP contribution in [0.25, 0.3) is 21.5 Å². The van der Waals surface area contributed by atoms with Crippen molar-refractivity contribution in [1.82, 2.24) is 19.7 Å². The monoisotopic (exact) mass is 430 g/mol. The molecular formula is C17H19BrN8O. The van der Waals surface area contributed by atoms with Crippen molar-refractivity contribution >= 4 is 38.7 Å². The van der Waals surface area contributed by atoms with Crippen LogP contribution in [-0.4, -0.2) is 33.4 Å². The molecule has 2 heterocycles. The van der Waals surface area contributed by atoms with E-state index in [1.54, 1.807) is 18.0 Å². The van der Waals surface area contributed by atoms with Gasteiger partial charge in [0.05, 0.1) is 19.9 Å². The molecule has 0 saturated carbocycles. The maximum atomic E-state index is 8.70. The first-order chi connectivity index (χ1) is 13.1. The second kappa shape index (κ2) is 8.70. The van der Waals surface area contributed by atoms with Crippen molar-refractivity contribution in [2.24, 2.45) is 5.11 Å². The molecule has 1 aromatic carbocycles. The fourth-order valence-corrected chi connectivity index (χ4v) is 2.98. The number of azide groups is 1. The summed E-state index contributed by atoms with van der Waals surface area (Å²) in [5, 5.41) is 11.4. The average Bonchev–Trinajstić information content (AvgIpc) is 3.06. The molecule has 0 saturated heterocycles. The molecule has 0 aliphatic heterocycles. The number of hydrogen-bond acceptors (Lipinski definition) is 6. The molecule has 0 radical (unpaired) electrons. The predicted octanol–water partition coefficient (Wildman–Crippen LogP) is 4.80. The van der Waals surface area contributed by atoms with Gasteiger partial charge in [0.1, 0.15) is 11.3 Å². The number of nitrogens with one attached hydrogen (secondary N) is 1. The lowest BCUT2D eigenvalue weighted by molar-refractivity contribution is 0.407. The van der Waals surface area contributed by atoms with Crippen molar-refractivity contribution in [2.75, 3.05) is 19.0 Å². The van der Waals surface area contributed by atoms with Crippen LogP contribution in [0.3, 0.4) is 0 Å². The molecule has 3 rings (SSSR count). The van der Waals surface area contributed by atoms with Gasteiger partial charge in [0.25, 0.3) is 0 Å². The highest BCUT2D eigenvalue weighted by atomic mass is 79.9. The topological polar surface area (TPSA) is 114 Å². The van der Waals surface area contributed by atoms with E-state index in [-0.39, 0.29) is 5.95 Å². The number of fused-ring (bicyclic) bond motifs is 1. The lowest BCUT2D eigenvalue weighted by atomic mass is 10.2. The van der Waals surface area contributed by atoms with Crippen molar-refractivity contribution < 1.29 is 4.74 Å². The molecular weight excluding hydrogens is 412 g/mol. The van der Waals surface area contributed by atoms with Crippen LogP contribution >= 0.6 is 15.9 Å². The van der Waals surface area contributed by atoms with Crippen molar-refractivity contribution in [3.05, 3.63) is 44.9 Å². The fourth-order valence-electron chi connectivity index (χ4n) is 2.64. The summed E-state index contributed by atoms with van der Waals surface area (Å²) >= 11 is 3.44. The Labute approximate surface area is 164 Å². The van der Waals surface area contributed by atoms with Crippen LogP contribution in [0.4, 0.5) is 11.8 Å². The highest BCUT2D eigenvalue weighted by molar-refractivity contribution is 9.10. The van der Waals surface area contributed by atoms with Crippen LogP contribution in [-0.2, 0) is 6.54 Å². The van der Waals surface area contributed by atoms with Gasteiger partial charge < -0.3 is 10.1 Å². The largest absolute Gasteiger partial charge is 0.496 e. The Hall–Kier alpha value is -2.84. The van der Waals surface area contributed by atoms with Crippen LogP contribution in [0, 0.1) is 0 Å². The normalized spacial score (nSPS) is 10.6. The molecule has 3 aromatic rings. The summed E-state index contributed by atoms with van der Waals surface area (Å²) in [5.74, 6) is 1.41. The van der Waals surface area contributed by atoms with Crippen molar-refractivity contribution in [2.45, 2.75) is 26.3 Å². The standard InChI is InChI=1S/C17H19BrN8O/c1-3-4-7-20-16-15-13(21-17(22-16)23-25-19)10-26(24-15)9-11-5-6-12(18)8-14(11)27-2/h5-6,8,10H,3-4,7,9H2,1-2H3,(H,20,21,22). The van der Waals surface area contributed by atoms with Gasteiger partial charge in [-0.05, 0) is 29.2 Å². The third kappa shape index (κ3) is 4.47. The van der Waals surface area contributed by atoms with E-state index >= 15 is 0 Å². The molecule has 0 amide bonds. The molecule has 10 heteroatoms. The Morgan fingerprint density at radius 3 is 2.96 bits per heavy atom. The molecule has 0 bridgehead atoms. The van der Waals surface area contributed by atoms with Gasteiger partial charge in [-0.2, -0.15) is 5.10 Å². The van der Waals surface area contributed by atoms with Gasteiger partial charge in [0.2, 0.25) is 5.95 Å². The number of anilines is 1. The van der Waals surface area contributed by atoms with Crippen LogP contribution in [0.2, 0.25) is 0 Å². The Morgan fingerprint density at radius 1 is 1.37 bits per heavy atom. The number of hydrogen-bond donors (Lipinski definition) is 1. The highest BCUT2D eigenvalue weighted by Gasteiger charge is 2.13. The number of halogens is 1. The molecule has 0 spiro atoms. The summed E-state index contributed by atoms with van der Waals surface area (Å²) in [5.41, 5.74) is 10.9. The Morgan fingerprint density at radius 2 is 2.22 bits per heavy atom. The van der Waals surface area contributed by atoms with Gasteiger partial charge in [0.15, 0.2) is 11.3 Å². The smallest absolute Gasteiger partial charge is 0.219 e. The minimum Gasteiger partial charge on any atom is -0.496 e. The lowest BCUT2D eigenvalue weighted by Crippen LogP contribution is -2.05. The minimum atomic E-state index is 0.0739. The number of unbranched alkanes of at least 4 members (excludes halogenated alkanes) is 1. The van der Waals surface area contributed by atoms with Crippen LogP contribution in [0.1, 0.15) is 25.3 Å². The number of nitrogens with zero attached hydrogens (tertiary/aromatic N) is 7. The van der Waals surface area contributed by atoms with Crippen LogP contribution in [0.5, 0.6) is 5.75 Å². The van der Waals surface area contributed by atoms with E-state index in [1.807, 2.05) is 18.2 Å². The van der Waals surface area contributed by atoms with Crippen molar-refractivity contribution in [3.8, 4) is 5.75 Å². The summed E-state index contributed by atoms with van der Waals surface area (Å²) in [7, 11) is 1.64. The van der Waals surface area contributed by atoms with E-state index in [2.05, 4.69) is 53.3 Å². The Balaban J connectivity index is 1.98. The number of benzene rings is 1. The van der Waals surface area contributed by atoms with Crippen molar-refractivity contribution in [3.63, 3.8) is 0 Å². The Bertz CT molecular complexity index is 996. The lowest BCUT2D eigenvalue weighted by Gasteiger charge is -2.09. The Kier molecular flexibility index (Phi) is 6.10. The second-order valence-corrected chi connectivity index (χ2v) is 6.77. The summed E-state index contributed by atoms with van der Waals surface area (Å²) in [4.78, 5) is 11.3. The first-order valence-electron chi connectivity index (χ1n) is 8.51. The molecule has 140 valence electrons. The van der Waals surface area contributed by atoms with Gasteiger partial charge in [-0.3, -0.25) is 4.68 Å². The number of aromatic nitrogens is 4. The molecule has 0 aliphatic rings. The molecule has 0 aliphatic carbocycles. The van der Waals surface area contributed by atoms with E-state index in [4.69, 9.17) is 10.3 Å². The van der Waals surface area contributed by atoms with Crippen molar-refractivity contribution in [1.29, 1.82) is 0 Å². The highest BCUT2D eigenvalue weighted by Crippen LogP contribution is 2.26. The van der Waals surface area contributed by atoms with Crippen LogP contribution < -0.4 is 10.1 Å². The van der Waals surface area contributed by atoms with Gasteiger partial charge in [-0.1, -0.05) is 35.3 Å². The summed E-state index contributed by atoms with van der Waals surface area (Å²) < 4.78 is 8.17. The number of methoxy groups -OCH3 is 1. The molecule has 1 N–H and O–H groups in total. The number of rotatable bonds is 8. The molecule has 0 unspecified atom stereocenters. The molecule has 9 nitrogen and oxygen atoms in total. The van der Waals surface area contributed by atoms with E-state index in [0.717, 1.165) is 35.2 Å². The van der Waals surface area contributed by atoms with E-state index in [9.17, 15) is 0 Å². The third-order valence-corrected chi connectivity index (χ3v) is 4.43. The SMILES string of the molecule is CCCCNc1nc(N=[N+]=[N-])nc2cn(Cc3ccc(Br)cc3OC)nc12. The van der Waals surface area contributed by atoms with Gasteiger partial charge in [0, 0.05) is 21.5 Å². The zero-order chi connectivity index (χ0) is 19.2. The molecule has 27 heavy (non-hydrogen) atoms. The first kappa shape index (κ1) is 18.9. The number of ether oxygens (including phenoxy) is 1. The zero-order valence-corrected chi connectivity index (χ0v) is 16.6. The summed E-state index contributed by atoms with van der Waals surface area (Å²) in [6.45, 7) is 3.38. The van der Waals surface area contributed by atoms with E-state index < -0.39 is 0 Å². The zero-order valence-electron chi connectivity index (χ0n) is 15.1. The van der Waals surface area contributed by atoms with Gasteiger partial charge in [-0.25, -0.2) is 9.97 Å². The molecule has 2 aromatic heterocycles. The van der Waals surface area contributed by atoms with Gasteiger partial charge in [-0.15, -0.1) is 0 Å². The average molecular weight is 431 g/mol. The summed E-state index contributed by atoms with van der Waals surface area (Å²) in [6, 6.07) is 5.85. The fraction of sp³-hybridized carbons (Fsp3) is 0.353. The summed E-state index contributed by atoms with van der Waals surface area (Å²) in [6.07, 6.45) is 3.86. The quantitative estimate of drug-likeness (QED) is 0.238. The maximum Gasteiger partial charge on any atom is 0.219 e. The van der Waals surface area contributed by atoms with E-state index in [1.165, 1.54) is 0 Å².